The molecule has 1 aromatic heterocycles. The van der Waals surface area contributed by atoms with Gasteiger partial charge < -0.3 is 4.90 Å². The molecule has 0 unspecified atom stereocenters. The Labute approximate surface area is 97.2 Å². The Balaban J connectivity index is 2.95. The van der Waals surface area contributed by atoms with Gasteiger partial charge in [-0.1, -0.05) is 0 Å². The maximum Gasteiger partial charge on any atom is 0.227 e. The first-order valence-corrected chi connectivity index (χ1v) is 5.41. The lowest BCUT2D eigenvalue weighted by Crippen LogP contribution is -2.14. The smallest absolute Gasteiger partial charge is 0.227 e. The molecule has 0 aliphatic heterocycles. The predicted molar refractivity (Wildman–Crippen MR) is 63.1 cm³/mol. The van der Waals surface area contributed by atoms with Crippen LogP contribution in [0.1, 0.15) is 12.6 Å². The zero-order valence-electron chi connectivity index (χ0n) is 8.96. The lowest BCUT2D eigenvalue weighted by Gasteiger charge is -2.08. The number of nitrogens with zero attached hydrogens (tertiary/aromatic N) is 3. The van der Waals surface area contributed by atoms with Crippen molar-refractivity contribution in [1.82, 2.24) is 9.88 Å². The largest absolute Gasteiger partial charge is 0.366 e. The molecule has 0 N–H and O–H groups in total. The van der Waals surface area contributed by atoms with Gasteiger partial charge in [-0.2, -0.15) is 4.39 Å². The van der Waals surface area contributed by atoms with Crippen LogP contribution in [0.5, 0.6) is 0 Å². The molecular formula is C10H13BrFN3. The summed E-state index contributed by atoms with van der Waals surface area (Å²) in [5.41, 5.74) is 1.25. The number of aryl methyl sites for hydroxylation is 1. The van der Waals surface area contributed by atoms with Crippen molar-refractivity contribution in [3.05, 3.63) is 22.2 Å². The average molecular weight is 274 g/mol. The third-order valence-corrected chi connectivity index (χ3v) is 2.55. The van der Waals surface area contributed by atoms with Crippen molar-refractivity contribution in [2.75, 3.05) is 13.6 Å². The molecule has 0 aliphatic carbocycles. The van der Waals surface area contributed by atoms with Crippen LogP contribution in [0.15, 0.2) is 15.5 Å². The van der Waals surface area contributed by atoms with Crippen molar-refractivity contribution in [2.45, 2.75) is 13.8 Å². The molecule has 0 saturated heterocycles. The van der Waals surface area contributed by atoms with Crippen LogP contribution in [0.3, 0.4) is 0 Å². The summed E-state index contributed by atoms with van der Waals surface area (Å²) in [5, 5.41) is 0. The zero-order chi connectivity index (χ0) is 11.4. The number of hydrogen-bond acceptors (Lipinski definition) is 2. The van der Waals surface area contributed by atoms with Gasteiger partial charge in [0, 0.05) is 13.6 Å². The van der Waals surface area contributed by atoms with E-state index in [1.807, 2.05) is 18.9 Å². The van der Waals surface area contributed by atoms with E-state index in [0.717, 1.165) is 6.54 Å². The number of aliphatic imine (C=N–C) groups is 1. The SMILES string of the molecule is CCN(C)/C=N\c1cc(Br)c(F)nc1C. The van der Waals surface area contributed by atoms with Gasteiger partial charge in [-0.05, 0) is 35.8 Å². The van der Waals surface area contributed by atoms with Gasteiger partial charge in [-0.15, -0.1) is 0 Å². The Hall–Kier alpha value is -0.970. The lowest BCUT2D eigenvalue weighted by atomic mass is 10.3. The van der Waals surface area contributed by atoms with E-state index < -0.39 is 5.95 Å². The van der Waals surface area contributed by atoms with Crippen molar-refractivity contribution in [2.24, 2.45) is 4.99 Å². The van der Waals surface area contributed by atoms with Crippen LogP contribution in [-0.2, 0) is 0 Å². The van der Waals surface area contributed by atoms with Gasteiger partial charge in [0.2, 0.25) is 5.95 Å². The first-order valence-electron chi connectivity index (χ1n) is 4.61. The van der Waals surface area contributed by atoms with Gasteiger partial charge in [0.15, 0.2) is 0 Å². The quantitative estimate of drug-likeness (QED) is 0.481. The first kappa shape index (κ1) is 12.1. The highest BCUT2D eigenvalue weighted by molar-refractivity contribution is 9.10. The zero-order valence-corrected chi connectivity index (χ0v) is 10.5. The van der Waals surface area contributed by atoms with Gasteiger partial charge in [-0.25, -0.2) is 9.98 Å². The Morgan fingerprint density at radius 2 is 2.33 bits per heavy atom. The van der Waals surface area contributed by atoms with E-state index in [4.69, 9.17) is 0 Å². The van der Waals surface area contributed by atoms with Crippen LogP contribution < -0.4 is 0 Å². The summed E-state index contributed by atoms with van der Waals surface area (Å²) in [6.07, 6.45) is 1.70. The number of halogens is 2. The lowest BCUT2D eigenvalue weighted by molar-refractivity contribution is 0.551. The molecule has 0 fully saturated rings. The molecule has 5 heteroatoms. The van der Waals surface area contributed by atoms with Gasteiger partial charge >= 0.3 is 0 Å². The summed E-state index contributed by atoms with van der Waals surface area (Å²) >= 11 is 3.08. The first-order chi connectivity index (χ1) is 7.04. The second kappa shape index (κ2) is 5.21. The maximum atomic E-state index is 13.0. The van der Waals surface area contributed by atoms with Crippen molar-refractivity contribution >= 4 is 28.0 Å². The highest BCUT2D eigenvalue weighted by Crippen LogP contribution is 2.23. The summed E-state index contributed by atoms with van der Waals surface area (Å²) in [4.78, 5) is 9.88. The third-order valence-electron chi connectivity index (χ3n) is 1.99. The molecule has 1 rings (SSSR count). The Bertz CT molecular complexity index is 379. The van der Waals surface area contributed by atoms with Crippen LogP contribution in [0.25, 0.3) is 0 Å². The van der Waals surface area contributed by atoms with Gasteiger partial charge in [0.25, 0.3) is 0 Å². The molecule has 0 saturated carbocycles. The summed E-state index contributed by atoms with van der Waals surface area (Å²) in [6, 6.07) is 1.62. The fourth-order valence-electron chi connectivity index (χ4n) is 0.915. The van der Waals surface area contributed by atoms with E-state index in [1.54, 1.807) is 19.3 Å². The minimum absolute atomic E-state index is 0.333. The molecule has 0 bridgehead atoms. The Morgan fingerprint density at radius 1 is 1.67 bits per heavy atom. The molecule has 0 atom stereocenters. The summed E-state index contributed by atoms with van der Waals surface area (Å²) < 4.78 is 13.3. The molecule has 1 heterocycles. The van der Waals surface area contributed by atoms with Crippen molar-refractivity contribution in [3.8, 4) is 0 Å². The second-order valence-electron chi connectivity index (χ2n) is 3.18. The van der Waals surface area contributed by atoms with E-state index in [1.165, 1.54) is 0 Å². The van der Waals surface area contributed by atoms with Crippen LogP contribution in [-0.4, -0.2) is 29.8 Å². The standard InChI is InChI=1S/C10H13BrFN3/c1-4-15(3)6-13-9-5-8(11)10(12)14-7(9)2/h5-6H,4H2,1-3H3/b13-6-. The van der Waals surface area contributed by atoms with Crippen molar-refractivity contribution in [3.63, 3.8) is 0 Å². The molecule has 0 radical (unpaired) electrons. The average Bonchev–Trinajstić information content (AvgIpc) is 2.21. The molecule has 3 nitrogen and oxygen atoms in total. The van der Waals surface area contributed by atoms with E-state index in [2.05, 4.69) is 25.9 Å². The third kappa shape index (κ3) is 3.27. The molecule has 0 aliphatic rings. The normalized spacial score (nSPS) is 11.0. The summed E-state index contributed by atoms with van der Waals surface area (Å²) in [7, 11) is 1.92. The molecule has 1 aromatic rings. The van der Waals surface area contributed by atoms with Crippen molar-refractivity contribution < 1.29 is 4.39 Å². The molecule has 15 heavy (non-hydrogen) atoms. The van der Waals surface area contributed by atoms with Crippen LogP contribution in [0.4, 0.5) is 10.1 Å². The summed E-state index contributed by atoms with van der Waals surface area (Å²) in [6.45, 7) is 4.63. The fraction of sp³-hybridized carbons (Fsp3) is 0.400. The van der Waals surface area contributed by atoms with Crippen molar-refractivity contribution in [1.29, 1.82) is 0 Å². The molecule has 0 amide bonds. The number of hydrogen-bond donors (Lipinski definition) is 0. The molecule has 82 valence electrons. The fourth-order valence-corrected chi connectivity index (χ4v) is 1.22. The van der Waals surface area contributed by atoms with Crippen LogP contribution >= 0.6 is 15.9 Å². The van der Waals surface area contributed by atoms with E-state index in [-0.39, 0.29) is 0 Å². The monoisotopic (exact) mass is 273 g/mol. The number of rotatable bonds is 3. The highest BCUT2D eigenvalue weighted by atomic mass is 79.9. The predicted octanol–water partition coefficient (Wildman–Crippen LogP) is 2.90. The number of pyridine rings is 1. The van der Waals surface area contributed by atoms with Crippen LogP contribution in [0, 0.1) is 12.9 Å². The van der Waals surface area contributed by atoms with E-state index in [9.17, 15) is 4.39 Å². The van der Waals surface area contributed by atoms with Gasteiger partial charge in [0.05, 0.1) is 22.2 Å². The number of aromatic nitrogens is 1. The van der Waals surface area contributed by atoms with E-state index >= 15 is 0 Å². The molecule has 0 aromatic carbocycles. The minimum atomic E-state index is -0.504. The van der Waals surface area contributed by atoms with E-state index in [0.29, 0.717) is 15.9 Å². The van der Waals surface area contributed by atoms with Crippen LogP contribution in [0.2, 0.25) is 0 Å². The van der Waals surface area contributed by atoms with Gasteiger partial charge in [-0.3, -0.25) is 0 Å². The Kier molecular flexibility index (Phi) is 4.20. The topological polar surface area (TPSA) is 28.5 Å². The Morgan fingerprint density at radius 3 is 2.93 bits per heavy atom. The minimum Gasteiger partial charge on any atom is -0.366 e. The highest BCUT2D eigenvalue weighted by Gasteiger charge is 2.05. The molecular weight excluding hydrogens is 261 g/mol. The summed E-state index contributed by atoms with van der Waals surface area (Å²) in [5.74, 6) is -0.504. The van der Waals surface area contributed by atoms with Gasteiger partial charge in [0.1, 0.15) is 0 Å². The second-order valence-corrected chi connectivity index (χ2v) is 4.04. The molecule has 0 spiro atoms. The maximum absolute atomic E-state index is 13.0.